The van der Waals surface area contributed by atoms with Gasteiger partial charge in [0.2, 0.25) is 0 Å². The van der Waals surface area contributed by atoms with Crippen LogP contribution in [0, 0.1) is 17.6 Å². The van der Waals surface area contributed by atoms with E-state index in [0.29, 0.717) is 18.7 Å². The van der Waals surface area contributed by atoms with Crippen molar-refractivity contribution >= 4 is 5.97 Å². The predicted octanol–water partition coefficient (Wildman–Crippen LogP) is 2.47. The van der Waals surface area contributed by atoms with Gasteiger partial charge >= 0.3 is 5.97 Å². The maximum absolute atomic E-state index is 13.3. The summed E-state index contributed by atoms with van der Waals surface area (Å²) in [6.45, 7) is 4.98. The molecule has 19 heavy (non-hydrogen) atoms. The van der Waals surface area contributed by atoms with Crippen LogP contribution < -0.4 is 0 Å². The Morgan fingerprint density at radius 3 is 2.53 bits per heavy atom. The zero-order valence-corrected chi connectivity index (χ0v) is 10.9. The van der Waals surface area contributed by atoms with E-state index in [0.717, 1.165) is 12.1 Å². The molecule has 1 aliphatic heterocycles. The standard InChI is InChI=1S/C14H17F2NO2/c1-8(2)17-6-10(11(7-17)14(18)19)9-3-4-12(15)13(16)5-9/h3-5,8,10-11H,6-7H2,1-2H3,(H,18,19). The summed E-state index contributed by atoms with van der Waals surface area (Å²) < 4.78 is 26.2. The molecule has 5 heteroatoms. The number of hydrogen-bond acceptors (Lipinski definition) is 2. The lowest BCUT2D eigenvalue weighted by Crippen LogP contribution is -2.29. The number of carbonyl (C=O) groups is 1. The van der Waals surface area contributed by atoms with E-state index in [1.165, 1.54) is 6.07 Å². The van der Waals surface area contributed by atoms with Crippen molar-refractivity contribution in [2.24, 2.45) is 5.92 Å². The maximum Gasteiger partial charge on any atom is 0.308 e. The molecule has 0 saturated carbocycles. The summed E-state index contributed by atoms with van der Waals surface area (Å²) in [7, 11) is 0. The highest BCUT2D eigenvalue weighted by molar-refractivity contribution is 5.72. The third-order valence-electron chi connectivity index (χ3n) is 3.77. The van der Waals surface area contributed by atoms with Crippen molar-refractivity contribution in [2.75, 3.05) is 13.1 Å². The van der Waals surface area contributed by atoms with Crippen LogP contribution in [0.25, 0.3) is 0 Å². The van der Waals surface area contributed by atoms with Gasteiger partial charge in [0.15, 0.2) is 11.6 Å². The topological polar surface area (TPSA) is 40.5 Å². The second kappa shape index (κ2) is 5.25. The predicted molar refractivity (Wildman–Crippen MR) is 66.9 cm³/mol. The van der Waals surface area contributed by atoms with Crippen molar-refractivity contribution in [3.63, 3.8) is 0 Å². The SMILES string of the molecule is CC(C)N1CC(C(=O)O)C(c2ccc(F)c(F)c2)C1. The Hall–Kier alpha value is -1.49. The van der Waals surface area contributed by atoms with Crippen LogP contribution in [-0.2, 0) is 4.79 Å². The van der Waals surface area contributed by atoms with Crippen LogP contribution in [0.4, 0.5) is 8.78 Å². The van der Waals surface area contributed by atoms with E-state index in [1.807, 2.05) is 18.7 Å². The molecule has 2 rings (SSSR count). The summed E-state index contributed by atoms with van der Waals surface area (Å²) in [6.07, 6.45) is 0. The molecule has 0 aliphatic carbocycles. The van der Waals surface area contributed by atoms with Crippen molar-refractivity contribution in [1.82, 2.24) is 4.90 Å². The fourth-order valence-electron chi connectivity index (χ4n) is 2.59. The average Bonchev–Trinajstić information content (AvgIpc) is 2.78. The smallest absolute Gasteiger partial charge is 0.308 e. The zero-order chi connectivity index (χ0) is 14.2. The largest absolute Gasteiger partial charge is 0.481 e. The highest BCUT2D eigenvalue weighted by Crippen LogP contribution is 2.34. The van der Waals surface area contributed by atoms with Crippen molar-refractivity contribution in [1.29, 1.82) is 0 Å². The molecule has 1 aliphatic rings. The molecule has 1 aromatic rings. The lowest BCUT2D eigenvalue weighted by atomic mass is 9.89. The van der Waals surface area contributed by atoms with Crippen molar-refractivity contribution in [2.45, 2.75) is 25.8 Å². The minimum atomic E-state index is -0.926. The molecule has 3 nitrogen and oxygen atoms in total. The van der Waals surface area contributed by atoms with E-state index >= 15 is 0 Å². The molecule has 1 heterocycles. The average molecular weight is 269 g/mol. The Morgan fingerprint density at radius 1 is 1.32 bits per heavy atom. The number of rotatable bonds is 3. The fourth-order valence-corrected chi connectivity index (χ4v) is 2.59. The van der Waals surface area contributed by atoms with E-state index in [1.54, 1.807) is 0 Å². The second-order valence-corrected chi connectivity index (χ2v) is 5.27. The molecule has 1 saturated heterocycles. The van der Waals surface area contributed by atoms with Crippen LogP contribution in [0.1, 0.15) is 25.3 Å². The number of hydrogen-bond donors (Lipinski definition) is 1. The van der Waals surface area contributed by atoms with Gasteiger partial charge in [0.05, 0.1) is 5.92 Å². The third kappa shape index (κ3) is 2.76. The Bertz CT molecular complexity index is 490. The summed E-state index contributed by atoms with van der Waals surface area (Å²) >= 11 is 0. The molecule has 1 N–H and O–H groups in total. The lowest BCUT2D eigenvalue weighted by molar-refractivity contribution is -0.141. The first-order valence-electron chi connectivity index (χ1n) is 6.32. The summed E-state index contributed by atoms with van der Waals surface area (Å²) in [4.78, 5) is 13.4. The first-order valence-corrected chi connectivity index (χ1v) is 6.32. The number of nitrogens with zero attached hydrogens (tertiary/aromatic N) is 1. The molecule has 1 aromatic carbocycles. The van der Waals surface area contributed by atoms with Crippen molar-refractivity contribution < 1.29 is 18.7 Å². The molecule has 0 amide bonds. The number of carboxylic acids is 1. The van der Waals surface area contributed by atoms with E-state index < -0.39 is 23.5 Å². The molecule has 0 aromatic heterocycles. The Kier molecular flexibility index (Phi) is 3.85. The van der Waals surface area contributed by atoms with Gasteiger partial charge in [0.1, 0.15) is 0 Å². The molecule has 0 bridgehead atoms. The third-order valence-corrected chi connectivity index (χ3v) is 3.77. The number of halogens is 2. The minimum Gasteiger partial charge on any atom is -0.481 e. The Labute approximate surface area is 110 Å². The highest BCUT2D eigenvalue weighted by Gasteiger charge is 2.39. The Balaban J connectivity index is 2.30. The molecular formula is C14H17F2NO2. The lowest BCUT2D eigenvalue weighted by Gasteiger charge is -2.20. The van der Waals surface area contributed by atoms with Gasteiger partial charge in [-0.25, -0.2) is 8.78 Å². The van der Waals surface area contributed by atoms with Gasteiger partial charge in [-0.2, -0.15) is 0 Å². The van der Waals surface area contributed by atoms with E-state index in [-0.39, 0.29) is 12.0 Å². The molecule has 2 atom stereocenters. The van der Waals surface area contributed by atoms with Crippen LogP contribution in [0.5, 0.6) is 0 Å². The quantitative estimate of drug-likeness (QED) is 0.916. The van der Waals surface area contributed by atoms with Gasteiger partial charge in [0, 0.05) is 25.0 Å². The van der Waals surface area contributed by atoms with Gasteiger partial charge < -0.3 is 5.11 Å². The van der Waals surface area contributed by atoms with Gasteiger partial charge in [-0.05, 0) is 31.5 Å². The van der Waals surface area contributed by atoms with Gasteiger partial charge in [-0.15, -0.1) is 0 Å². The van der Waals surface area contributed by atoms with Crippen LogP contribution in [0.15, 0.2) is 18.2 Å². The van der Waals surface area contributed by atoms with Crippen LogP contribution in [-0.4, -0.2) is 35.1 Å². The summed E-state index contributed by atoms with van der Waals surface area (Å²) in [5.74, 6) is -3.60. The van der Waals surface area contributed by atoms with Gasteiger partial charge in [-0.3, -0.25) is 9.69 Å². The number of likely N-dealkylation sites (tertiary alicyclic amines) is 1. The molecule has 0 radical (unpaired) electrons. The molecule has 0 spiro atoms. The molecular weight excluding hydrogens is 252 g/mol. The first kappa shape index (κ1) is 13.9. The van der Waals surface area contributed by atoms with Crippen LogP contribution >= 0.6 is 0 Å². The number of carboxylic acid groups (broad SMARTS) is 1. The van der Waals surface area contributed by atoms with E-state index in [4.69, 9.17) is 0 Å². The highest BCUT2D eigenvalue weighted by atomic mass is 19.2. The summed E-state index contributed by atoms with van der Waals surface area (Å²) in [6, 6.07) is 3.88. The van der Waals surface area contributed by atoms with Gasteiger partial charge in [-0.1, -0.05) is 6.07 Å². The maximum atomic E-state index is 13.3. The minimum absolute atomic E-state index is 0.233. The normalized spacial score (nSPS) is 24.1. The fraction of sp³-hybridized carbons (Fsp3) is 0.500. The molecule has 2 unspecified atom stereocenters. The Morgan fingerprint density at radius 2 is 2.00 bits per heavy atom. The monoisotopic (exact) mass is 269 g/mol. The second-order valence-electron chi connectivity index (χ2n) is 5.27. The van der Waals surface area contributed by atoms with E-state index in [9.17, 15) is 18.7 Å². The van der Waals surface area contributed by atoms with Crippen LogP contribution in [0.3, 0.4) is 0 Å². The molecule has 104 valence electrons. The van der Waals surface area contributed by atoms with Gasteiger partial charge in [0.25, 0.3) is 0 Å². The zero-order valence-electron chi connectivity index (χ0n) is 10.9. The van der Waals surface area contributed by atoms with Crippen molar-refractivity contribution in [3.8, 4) is 0 Å². The number of aliphatic carboxylic acids is 1. The summed E-state index contributed by atoms with van der Waals surface area (Å²) in [5, 5.41) is 9.27. The van der Waals surface area contributed by atoms with E-state index in [2.05, 4.69) is 0 Å². The number of benzene rings is 1. The summed E-state index contributed by atoms with van der Waals surface area (Å²) in [5.41, 5.74) is 0.550. The van der Waals surface area contributed by atoms with Crippen LogP contribution in [0.2, 0.25) is 0 Å². The molecule has 1 fully saturated rings. The first-order chi connectivity index (χ1) is 8.90. The van der Waals surface area contributed by atoms with Crippen molar-refractivity contribution in [3.05, 3.63) is 35.4 Å².